The van der Waals surface area contributed by atoms with Crippen LogP contribution < -0.4 is 0 Å². The van der Waals surface area contributed by atoms with Crippen molar-refractivity contribution in [3.63, 3.8) is 0 Å². The third-order valence-corrected chi connectivity index (χ3v) is 5.16. The molecule has 0 aliphatic carbocycles. The van der Waals surface area contributed by atoms with E-state index in [9.17, 15) is 30.4 Å². The second-order valence-electron chi connectivity index (χ2n) is 6.26. The number of aryl methyl sites for hydroxylation is 1. The summed E-state index contributed by atoms with van der Waals surface area (Å²) in [6.45, 7) is 3.12. The molecule has 25 heavy (non-hydrogen) atoms. The molecule has 1 aromatic heterocycles. The van der Waals surface area contributed by atoms with Crippen LogP contribution in [0.2, 0.25) is 0 Å². The lowest BCUT2D eigenvalue weighted by atomic mass is 10.1. The minimum atomic E-state index is -4.98. The van der Waals surface area contributed by atoms with Gasteiger partial charge in [-0.05, 0) is 13.8 Å². The first-order valence-electron chi connectivity index (χ1n) is 7.11. The molecule has 6 nitrogen and oxygen atoms in total. The van der Waals surface area contributed by atoms with Crippen molar-refractivity contribution in [2.24, 2.45) is 12.2 Å². The van der Waals surface area contributed by atoms with Crippen molar-refractivity contribution >= 4 is 14.9 Å². The number of halogens is 5. The fourth-order valence-corrected chi connectivity index (χ4v) is 4.00. The Morgan fingerprint density at radius 2 is 1.92 bits per heavy atom. The van der Waals surface area contributed by atoms with Crippen LogP contribution in [0.4, 0.5) is 22.0 Å². The number of rotatable bonds is 4. The Kier molecular flexibility index (Phi) is 4.88. The Hall–Kier alpha value is -1.72. The molecule has 0 N–H and O–H groups in total. The summed E-state index contributed by atoms with van der Waals surface area (Å²) in [7, 11) is -3.23. The van der Waals surface area contributed by atoms with Gasteiger partial charge < -0.3 is 4.84 Å². The molecule has 2 rings (SSSR count). The van der Waals surface area contributed by atoms with E-state index in [1.54, 1.807) is 13.8 Å². The lowest BCUT2D eigenvalue weighted by Gasteiger charge is -2.13. The fourth-order valence-electron chi connectivity index (χ4n) is 2.43. The maximum Gasteiger partial charge on any atom is 0.435 e. The Morgan fingerprint density at radius 1 is 1.32 bits per heavy atom. The van der Waals surface area contributed by atoms with E-state index in [0.717, 1.165) is 7.05 Å². The zero-order valence-corrected chi connectivity index (χ0v) is 14.4. The van der Waals surface area contributed by atoms with E-state index in [2.05, 4.69) is 10.3 Å². The van der Waals surface area contributed by atoms with E-state index in [0.29, 0.717) is 4.68 Å². The normalized spacial score (nSPS) is 17.7. The molecule has 1 aliphatic rings. The van der Waals surface area contributed by atoms with Gasteiger partial charge in [0.1, 0.15) is 5.60 Å². The van der Waals surface area contributed by atoms with Crippen molar-refractivity contribution in [1.29, 1.82) is 0 Å². The van der Waals surface area contributed by atoms with Crippen LogP contribution in [-0.2, 0) is 40.1 Å². The molecule has 0 spiro atoms. The van der Waals surface area contributed by atoms with E-state index >= 15 is 0 Å². The van der Waals surface area contributed by atoms with Crippen molar-refractivity contribution in [3.8, 4) is 0 Å². The summed E-state index contributed by atoms with van der Waals surface area (Å²) < 4.78 is 90.3. The van der Waals surface area contributed by atoms with E-state index < -0.39 is 62.2 Å². The number of hydrogen-bond donors (Lipinski definition) is 0. The third-order valence-electron chi connectivity index (χ3n) is 3.56. The molecule has 0 aromatic carbocycles. The summed E-state index contributed by atoms with van der Waals surface area (Å²) in [5.41, 5.74) is -3.67. The summed E-state index contributed by atoms with van der Waals surface area (Å²) in [5, 5.41) is 6.20. The molecule has 0 amide bonds. The molecular weight excluding hydrogens is 373 g/mol. The van der Waals surface area contributed by atoms with Gasteiger partial charge in [0.2, 0.25) is 6.43 Å². The average molecular weight is 389 g/mol. The number of nitrogens with zero attached hydrogens (tertiary/aromatic N) is 3. The monoisotopic (exact) mass is 389 g/mol. The lowest BCUT2D eigenvalue weighted by Crippen LogP contribution is -2.24. The smallest absolute Gasteiger partial charge is 0.389 e. The van der Waals surface area contributed by atoms with Gasteiger partial charge in [0.25, 0.3) is 0 Å². The minimum Gasteiger partial charge on any atom is -0.389 e. The Bertz CT molecular complexity index is 797. The average Bonchev–Trinajstić information content (AvgIpc) is 2.92. The fraction of sp³-hybridized carbons (Fsp3) is 0.692. The molecule has 1 aliphatic heterocycles. The summed E-state index contributed by atoms with van der Waals surface area (Å²) in [6, 6.07) is 0. The van der Waals surface area contributed by atoms with E-state index in [4.69, 9.17) is 4.84 Å². The summed E-state index contributed by atoms with van der Waals surface area (Å²) >= 11 is 0. The van der Waals surface area contributed by atoms with Gasteiger partial charge >= 0.3 is 6.18 Å². The highest BCUT2D eigenvalue weighted by Gasteiger charge is 2.42. The highest BCUT2D eigenvalue weighted by molar-refractivity contribution is 8.05. The zero-order chi connectivity index (χ0) is 19.2. The highest BCUT2D eigenvalue weighted by Crippen LogP contribution is 2.35. The van der Waals surface area contributed by atoms with Crippen molar-refractivity contribution in [2.45, 2.75) is 50.6 Å². The van der Waals surface area contributed by atoms with Gasteiger partial charge in [0, 0.05) is 24.7 Å². The number of hydrogen-bond acceptors (Lipinski definition) is 5. The van der Waals surface area contributed by atoms with Crippen molar-refractivity contribution in [3.05, 3.63) is 17.0 Å². The molecular formula is C13H16F5N3O3S. The molecule has 1 aromatic rings. The predicted octanol–water partition coefficient (Wildman–Crippen LogP) is 2.67. The number of sulfone groups is 1. The quantitative estimate of drug-likeness (QED) is 0.743. The SMILES string of the molecule is Cn1nc(C(F)(F)F)c(CS(=O)(=O)C2=NOC(C)(C)C2)c1CC(F)F. The van der Waals surface area contributed by atoms with Crippen molar-refractivity contribution in [1.82, 2.24) is 9.78 Å². The Labute approximate surface area is 140 Å². The van der Waals surface area contributed by atoms with Crippen LogP contribution in [0.1, 0.15) is 37.2 Å². The highest BCUT2D eigenvalue weighted by atomic mass is 32.2. The van der Waals surface area contributed by atoms with E-state index in [1.807, 2.05) is 0 Å². The minimum absolute atomic E-state index is 0.124. The molecule has 0 saturated carbocycles. The van der Waals surface area contributed by atoms with Gasteiger partial charge in [-0.15, -0.1) is 0 Å². The van der Waals surface area contributed by atoms with Gasteiger partial charge in [0.05, 0.1) is 12.2 Å². The largest absolute Gasteiger partial charge is 0.435 e. The molecule has 0 unspecified atom stereocenters. The summed E-state index contributed by atoms with van der Waals surface area (Å²) in [5.74, 6) is -1.13. The lowest BCUT2D eigenvalue weighted by molar-refractivity contribution is -0.141. The van der Waals surface area contributed by atoms with Gasteiger partial charge in [-0.3, -0.25) is 4.68 Å². The second kappa shape index (κ2) is 6.22. The van der Waals surface area contributed by atoms with Crippen molar-refractivity contribution in [2.75, 3.05) is 0 Å². The first-order chi connectivity index (χ1) is 11.2. The van der Waals surface area contributed by atoms with Gasteiger partial charge in [-0.25, -0.2) is 17.2 Å². The van der Waals surface area contributed by atoms with Crippen LogP contribution in [0.15, 0.2) is 5.16 Å². The molecule has 12 heteroatoms. The Morgan fingerprint density at radius 3 is 2.36 bits per heavy atom. The standard InChI is InChI=1S/C13H16F5N3O3S/c1-12(2)5-10(20-24-12)25(22,23)6-7-8(4-9(14)15)21(3)19-11(7)13(16,17)18/h9H,4-6H2,1-3H3. The second-order valence-corrected chi connectivity index (χ2v) is 8.25. The summed E-state index contributed by atoms with van der Waals surface area (Å²) in [6.07, 6.45) is -9.10. The van der Waals surface area contributed by atoms with Gasteiger partial charge in [-0.1, -0.05) is 5.16 Å². The van der Waals surface area contributed by atoms with E-state index in [1.165, 1.54) is 0 Å². The molecule has 0 atom stereocenters. The summed E-state index contributed by atoms with van der Waals surface area (Å²) in [4.78, 5) is 4.92. The van der Waals surface area contributed by atoms with Crippen LogP contribution in [0.3, 0.4) is 0 Å². The zero-order valence-electron chi connectivity index (χ0n) is 13.6. The first-order valence-corrected chi connectivity index (χ1v) is 8.76. The van der Waals surface area contributed by atoms with Gasteiger partial charge in [0.15, 0.2) is 20.6 Å². The predicted molar refractivity (Wildman–Crippen MR) is 77.8 cm³/mol. The van der Waals surface area contributed by atoms with Gasteiger partial charge in [-0.2, -0.15) is 18.3 Å². The maximum atomic E-state index is 13.1. The Balaban J connectivity index is 2.47. The van der Waals surface area contributed by atoms with E-state index in [-0.39, 0.29) is 6.42 Å². The van der Waals surface area contributed by atoms with Crippen LogP contribution in [-0.4, -0.2) is 35.3 Å². The number of oxime groups is 1. The topological polar surface area (TPSA) is 73.5 Å². The molecule has 0 bridgehead atoms. The molecule has 0 saturated heterocycles. The van der Waals surface area contributed by atoms with Crippen LogP contribution in [0.5, 0.6) is 0 Å². The van der Waals surface area contributed by atoms with Crippen LogP contribution in [0.25, 0.3) is 0 Å². The molecule has 2 heterocycles. The van der Waals surface area contributed by atoms with Crippen LogP contribution >= 0.6 is 0 Å². The molecule has 142 valence electrons. The first kappa shape index (κ1) is 19.6. The van der Waals surface area contributed by atoms with Crippen molar-refractivity contribution < 1.29 is 35.2 Å². The number of aromatic nitrogens is 2. The molecule has 0 fully saturated rings. The maximum absolute atomic E-state index is 13.1. The number of alkyl halides is 5. The third kappa shape index (κ3) is 4.28. The van der Waals surface area contributed by atoms with Crippen LogP contribution in [0, 0.1) is 0 Å². The molecule has 0 radical (unpaired) electrons.